The topological polar surface area (TPSA) is 13.0 Å². The zero-order valence-electron chi connectivity index (χ0n) is 43.2. The minimum absolute atomic E-state index is 0.671. The van der Waals surface area contributed by atoms with Crippen LogP contribution in [0.15, 0.2) is 315 Å². The van der Waals surface area contributed by atoms with Gasteiger partial charge in [0.1, 0.15) is 0 Å². The van der Waals surface area contributed by atoms with E-state index >= 15 is 0 Å². The SMILES string of the molecule is c1ccc(N(c2ccccc2)c2ccc3c(c2)Cc2cc(N(c4ccccc4)c4ccccc4)ccc2-c2ccc(N(c4ccccc4)c4ccccc4)cc2Cc2cc(N(c4ccccc4)c4ccccc4)ccc2-3)cc1. The summed E-state index contributed by atoms with van der Waals surface area (Å²) < 4.78 is 0. The zero-order valence-corrected chi connectivity index (χ0v) is 43.2. The summed E-state index contributed by atoms with van der Waals surface area (Å²) in [5.74, 6) is 0. The first-order valence-electron chi connectivity index (χ1n) is 26.8. The maximum atomic E-state index is 2.44. The van der Waals surface area contributed by atoms with Gasteiger partial charge >= 0.3 is 0 Å². The third kappa shape index (κ3) is 9.60. The Morgan fingerprint density at radius 1 is 0.154 bits per heavy atom. The summed E-state index contributed by atoms with van der Waals surface area (Å²) in [7, 11) is 0. The molecule has 12 aromatic carbocycles. The van der Waals surface area contributed by atoms with Crippen LogP contribution in [0.25, 0.3) is 22.3 Å². The van der Waals surface area contributed by atoms with Crippen molar-refractivity contribution < 1.29 is 0 Å². The number of fused-ring (bicyclic) bond motifs is 6. The van der Waals surface area contributed by atoms with Crippen LogP contribution < -0.4 is 19.6 Å². The van der Waals surface area contributed by atoms with E-state index in [0.29, 0.717) is 12.8 Å². The highest BCUT2D eigenvalue weighted by Gasteiger charge is 2.25. The maximum absolute atomic E-state index is 2.44. The predicted octanol–water partition coefficient (Wildman–Crippen LogP) is 20.4. The highest BCUT2D eigenvalue weighted by Crippen LogP contribution is 2.47. The number of benzene rings is 12. The van der Waals surface area contributed by atoms with Crippen LogP contribution in [0.4, 0.5) is 68.2 Å². The standard InChI is InChI=1S/C74H56N4/c1-9-25-59(26-10-1)75(60-27-11-2-12-28-60)67-41-45-71-55(51-67)49-56-52-68(76(61-29-13-3-14-30-61)62-31-15-4-16-32-62)43-47-73(56)74-48-44-70(78(65-37-21-7-22-38-65)66-39-23-8-24-40-66)54-58(74)50-57-53-69(42-46-72(57)71)77(63-33-17-5-18-34-63)64-35-19-6-20-36-64/h1-48,51-54H,49-50H2. The number of rotatable bonds is 12. The van der Waals surface area contributed by atoms with Gasteiger partial charge in [-0.3, -0.25) is 0 Å². The maximum Gasteiger partial charge on any atom is 0.0464 e. The van der Waals surface area contributed by atoms with E-state index in [4.69, 9.17) is 0 Å². The van der Waals surface area contributed by atoms with Gasteiger partial charge in [0, 0.05) is 68.2 Å². The summed E-state index contributed by atoms with van der Waals surface area (Å²) in [4.78, 5) is 9.53. The zero-order chi connectivity index (χ0) is 52.0. The molecule has 0 atom stereocenters. The largest absolute Gasteiger partial charge is 0.310 e. The van der Waals surface area contributed by atoms with E-state index in [1.807, 2.05) is 0 Å². The first-order valence-corrected chi connectivity index (χ1v) is 26.8. The Morgan fingerprint density at radius 2 is 0.308 bits per heavy atom. The molecule has 1 aliphatic rings. The van der Waals surface area contributed by atoms with Gasteiger partial charge in [0.05, 0.1) is 0 Å². The molecule has 78 heavy (non-hydrogen) atoms. The van der Waals surface area contributed by atoms with Gasteiger partial charge < -0.3 is 19.6 Å². The van der Waals surface area contributed by atoms with Crippen LogP contribution in [0.2, 0.25) is 0 Å². The fourth-order valence-electron chi connectivity index (χ4n) is 11.3. The van der Waals surface area contributed by atoms with Gasteiger partial charge in [-0.25, -0.2) is 0 Å². The monoisotopic (exact) mass is 1000 g/mol. The molecule has 0 amide bonds. The Kier molecular flexibility index (Phi) is 13.2. The molecule has 0 aromatic heterocycles. The normalized spacial score (nSPS) is 11.5. The van der Waals surface area contributed by atoms with Crippen LogP contribution in [0.5, 0.6) is 0 Å². The molecule has 0 N–H and O–H groups in total. The number of para-hydroxylation sites is 8. The second-order valence-corrected chi connectivity index (χ2v) is 19.7. The first-order chi connectivity index (χ1) is 38.7. The van der Waals surface area contributed by atoms with Crippen LogP contribution in [-0.2, 0) is 12.8 Å². The molecule has 1 aliphatic carbocycles. The van der Waals surface area contributed by atoms with E-state index in [1.165, 1.54) is 44.5 Å². The molecule has 0 unspecified atom stereocenters. The first kappa shape index (κ1) is 47.5. The molecule has 0 heterocycles. The lowest BCUT2D eigenvalue weighted by Crippen LogP contribution is -2.13. The smallest absolute Gasteiger partial charge is 0.0464 e. The van der Waals surface area contributed by atoms with Gasteiger partial charge in [-0.15, -0.1) is 0 Å². The number of anilines is 12. The highest BCUT2D eigenvalue weighted by atomic mass is 15.2. The van der Waals surface area contributed by atoms with Crippen molar-refractivity contribution in [2.24, 2.45) is 0 Å². The summed E-state index contributed by atoms with van der Waals surface area (Å²) in [6, 6.07) is 114. The Hall–Kier alpha value is -10.2. The van der Waals surface area contributed by atoms with Crippen LogP contribution >= 0.6 is 0 Å². The molecule has 0 saturated carbocycles. The molecule has 0 aliphatic heterocycles. The van der Waals surface area contributed by atoms with Gasteiger partial charge in [0.25, 0.3) is 0 Å². The van der Waals surface area contributed by atoms with Gasteiger partial charge in [-0.1, -0.05) is 170 Å². The van der Waals surface area contributed by atoms with E-state index in [9.17, 15) is 0 Å². The van der Waals surface area contributed by atoms with Crippen molar-refractivity contribution in [2.45, 2.75) is 12.8 Å². The molecular formula is C74H56N4. The molecule has 0 spiro atoms. The van der Waals surface area contributed by atoms with Gasteiger partial charge in [0.2, 0.25) is 0 Å². The van der Waals surface area contributed by atoms with Gasteiger partial charge in [0.15, 0.2) is 0 Å². The predicted molar refractivity (Wildman–Crippen MR) is 328 cm³/mol. The lowest BCUT2D eigenvalue weighted by Gasteiger charge is -2.30. The van der Waals surface area contributed by atoms with Crippen LogP contribution in [0.1, 0.15) is 22.3 Å². The fourth-order valence-corrected chi connectivity index (χ4v) is 11.3. The third-order valence-electron chi connectivity index (χ3n) is 14.8. The third-order valence-corrected chi connectivity index (χ3v) is 14.8. The van der Waals surface area contributed by atoms with Crippen molar-refractivity contribution in [3.63, 3.8) is 0 Å². The summed E-state index contributed by atoms with van der Waals surface area (Å²) in [5.41, 5.74) is 23.0. The lowest BCUT2D eigenvalue weighted by atomic mass is 9.83. The van der Waals surface area contributed by atoms with E-state index < -0.39 is 0 Å². The molecule has 372 valence electrons. The van der Waals surface area contributed by atoms with E-state index in [2.05, 4.69) is 335 Å². The molecule has 13 rings (SSSR count). The Morgan fingerprint density at radius 3 is 0.462 bits per heavy atom. The molecule has 0 saturated heterocycles. The summed E-state index contributed by atoms with van der Waals surface area (Å²) in [6.07, 6.45) is 1.34. The van der Waals surface area contributed by atoms with Crippen molar-refractivity contribution in [2.75, 3.05) is 19.6 Å². The van der Waals surface area contributed by atoms with Crippen molar-refractivity contribution in [3.8, 4) is 22.3 Å². The van der Waals surface area contributed by atoms with E-state index in [1.54, 1.807) is 0 Å². The van der Waals surface area contributed by atoms with Crippen molar-refractivity contribution >= 4 is 68.2 Å². The Balaban J connectivity index is 1.07. The number of hydrogen-bond acceptors (Lipinski definition) is 4. The Labute approximate surface area is 458 Å². The van der Waals surface area contributed by atoms with Gasteiger partial charge in [-0.2, -0.15) is 0 Å². The highest BCUT2D eigenvalue weighted by molar-refractivity contribution is 5.88. The average molecular weight is 1000 g/mol. The minimum atomic E-state index is 0.671. The van der Waals surface area contributed by atoms with Crippen LogP contribution in [0, 0.1) is 0 Å². The summed E-state index contributed by atoms with van der Waals surface area (Å²) in [5, 5.41) is 0. The molecule has 12 aromatic rings. The molecule has 4 nitrogen and oxygen atoms in total. The van der Waals surface area contributed by atoms with E-state index in [-0.39, 0.29) is 0 Å². The Bertz CT molecular complexity index is 3270. The molecule has 0 fully saturated rings. The quantitative estimate of drug-likeness (QED) is 0.121. The fraction of sp³-hybridized carbons (Fsp3) is 0.0270. The summed E-state index contributed by atoms with van der Waals surface area (Å²) >= 11 is 0. The second-order valence-electron chi connectivity index (χ2n) is 19.7. The molecular weight excluding hydrogens is 945 g/mol. The molecule has 0 bridgehead atoms. The minimum Gasteiger partial charge on any atom is -0.310 e. The van der Waals surface area contributed by atoms with Crippen molar-refractivity contribution in [1.29, 1.82) is 0 Å². The van der Waals surface area contributed by atoms with Crippen LogP contribution in [-0.4, -0.2) is 0 Å². The van der Waals surface area contributed by atoms with Crippen molar-refractivity contribution in [3.05, 3.63) is 338 Å². The van der Waals surface area contributed by atoms with E-state index in [0.717, 1.165) is 68.2 Å². The summed E-state index contributed by atoms with van der Waals surface area (Å²) in [6.45, 7) is 0. The van der Waals surface area contributed by atoms with Crippen molar-refractivity contribution in [1.82, 2.24) is 0 Å². The average Bonchev–Trinajstić information content (AvgIpc) is 3.68. The lowest BCUT2D eigenvalue weighted by molar-refractivity contribution is 1.13. The van der Waals surface area contributed by atoms with Gasteiger partial charge in [-0.05, 0) is 203 Å². The number of hydrogen-bond donors (Lipinski definition) is 0. The van der Waals surface area contributed by atoms with Crippen LogP contribution in [0.3, 0.4) is 0 Å². The number of nitrogens with zero attached hydrogens (tertiary/aromatic N) is 4. The second kappa shape index (κ2) is 21.6. The molecule has 0 radical (unpaired) electrons. The molecule has 4 heteroatoms.